The van der Waals surface area contributed by atoms with Crippen molar-refractivity contribution in [2.75, 3.05) is 5.32 Å². The van der Waals surface area contributed by atoms with Crippen LogP contribution in [0.15, 0.2) is 6.07 Å². The van der Waals surface area contributed by atoms with Crippen LogP contribution in [0.5, 0.6) is 5.88 Å². The molecule has 4 heteroatoms. The number of ether oxygens (including phenoxy) is 1. The van der Waals surface area contributed by atoms with E-state index in [-0.39, 0.29) is 6.10 Å². The first kappa shape index (κ1) is 14.7. The Hall–Kier alpha value is -1.32. The van der Waals surface area contributed by atoms with Gasteiger partial charge in [0.05, 0.1) is 6.10 Å². The van der Waals surface area contributed by atoms with Gasteiger partial charge in [0.25, 0.3) is 0 Å². The summed E-state index contributed by atoms with van der Waals surface area (Å²) in [6, 6.07) is 2.25. The van der Waals surface area contributed by atoms with E-state index in [0.717, 1.165) is 12.1 Å². The molecule has 1 aromatic rings. The molecule has 0 amide bonds. The van der Waals surface area contributed by atoms with E-state index in [1.54, 1.807) is 0 Å². The van der Waals surface area contributed by atoms with Crippen molar-refractivity contribution in [3.8, 4) is 5.88 Å². The molecule has 0 bridgehead atoms. The normalized spacial score (nSPS) is 12.9. The van der Waals surface area contributed by atoms with Gasteiger partial charge in [-0.25, -0.2) is 4.98 Å². The predicted molar refractivity (Wildman–Crippen MR) is 75.1 cm³/mol. The second-order valence-electron chi connectivity index (χ2n) is 5.24. The van der Waals surface area contributed by atoms with Crippen molar-refractivity contribution in [2.45, 2.75) is 60.1 Å². The molecule has 0 fully saturated rings. The maximum atomic E-state index is 5.62. The standard InChI is InChI=1S/C14H25N3O/c1-7-12(9(2)3)16-14-15-11(6)8-13(17-14)18-10(4)5/h8-10,12H,7H2,1-6H3,(H,15,16,17). The fraction of sp³-hybridized carbons (Fsp3) is 0.714. The minimum atomic E-state index is 0.124. The van der Waals surface area contributed by atoms with Crippen molar-refractivity contribution >= 4 is 5.95 Å². The molecule has 0 aliphatic heterocycles. The largest absolute Gasteiger partial charge is 0.475 e. The fourth-order valence-electron chi connectivity index (χ4n) is 1.81. The molecule has 1 aromatic heterocycles. The zero-order chi connectivity index (χ0) is 13.7. The second-order valence-corrected chi connectivity index (χ2v) is 5.24. The first-order valence-electron chi connectivity index (χ1n) is 6.71. The maximum Gasteiger partial charge on any atom is 0.226 e. The molecule has 0 aliphatic rings. The molecule has 102 valence electrons. The zero-order valence-electron chi connectivity index (χ0n) is 12.3. The SMILES string of the molecule is CCC(Nc1nc(C)cc(OC(C)C)n1)C(C)C. The second kappa shape index (κ2) is 6.57. The van der Waals surface area contributed by atoms with E-state index in [2.05, 4.69) is 36.1 Å². The van der Waals surface area contributed by atoms with Crippen molar-refractivity contribution in [1.82, 2.24) is 9.97 Å². The van der Waals surface area contributed by atoms with Gasteiger partial charge in [0, 0.05) is 17.8 Å². The molecule has 1 rings (SSSR count). The Kier molecular flexibility index (Phi) is 5.38. The Bertz CT molecular complexity index is 377. The van der Waals surface area contributed by atoms with Gasteiger partial charge in [-0.15, -0.1) is 0 Å². The van der Waals surface area contributed by atoms with Crippen LogP contribution in [0.1, 0.15) is 46.7 Å². The van der Waals surface area contributed by atoms with Crippen LogP contribution in [-0.4, -0.2) is 22.1 Å². The minimum absolute atomic E-state index is 0.124. The summed E-state index contributed by atoms with van der Waals surface area (Å²) in [7, 11) is 0. The van der Waals surface area contributed by atoms with Gasteiger partial charge in [-0.05, 0) is 33.1 Å². The quantitative estimate of drug-likeness (QED) is 0.841. The summed E-state index contributed by atoms with van der Waals surface area (Å²) >= 11 is 0. The van der Waals surface area contributed by atoms with Gasteiger partial charge < -0.3 is 10.1 Å². The first-order chi connectivity index (χ1) is 8.42. The van der Waals surface area contributed by atoms with E-state index in [4.69, 9.17) is 4.74 Å². The van der Waals surface area contributed by atoms with E-state index in [1.807, 2.05) is 26.8 Å². The zero-order valence-corrected chi connectivity index (χ0v) is 12.3. The van der Waals surface area contributed by atoms with Gasteiger partial charge in [-0.2, -0.15) is 4.98 Å². The van der Waals surface area contributed by atoms with Crippen molar-refractivity contribution in [2.24, 2.45) is 5.92 Å². The first-order valence-corrected chi connectivity index (χ1v) is 6.71. The van der Waals surface area contributed by atoms with Gasteiger partial charge in [0.2, 0.25) is 11.8 Å². The number of hydrogen-bond donors (Lipinski definition) is 1. The van der Waals surface area contributed by atoms with Gasteiger partial charge >= 0.3 is 0 Å². The van der Waals surface area contributed by atoms with Crippen LogP contribution in [0.4, 0.5) is 5.95 Å². The van der Waals surface area contributed by atoms with E-state index >= 15 is 0 Å². The Morgan fingerprint density at radius 1 is 1.22 bits per heavy atom. The van der Waals surface area contributed by atoms with E-state index < -0.39 is 0 Å². The summed E-state index contributed by atoms with van der Waals surface area (Å²) in [6.07, 6.45) is 1.18. The third-order valence-corrected chi connectivity index (χ3v) is 2.75. The molecule has 0 spiro atoms. The Labute approximate surface area is 110 Å². The summed E-state index contributed by atoms with van der Waals surface area (Å²) < 4.78 is 5.62. The summed E-state index contributed by atoms with van der Waals surface area (Å²) in [5, 5.41) is 3.38. The average molecular weight is 251 g/mol. The Morgan fingerprint density at radius 2 is 1.89 bits per heavy atom. The molecule has 0 radical (unpaired) electrons. The monoisotopic (exact) mass is 251 g/mol. The molecule has 0 aromatic carbocycles. The summed E-state index contributed by atoms with van der Waals surface area (Å²) in [5.41, 5.74) is 0.918. The van der Waals surface area contributed by atoms with Gasteiger partial charge in [-0.3, -0.25) is 0 Å². The lowest BCUT2D eigenvalue weighted by molar-refractivity contribution is 0.232. The minimum Gasteiger partial charge on any atom is -0.475 e. The summed E-state index contributed by atoms with van der Waals surface area (Å²) in [5.74, 6) is 1.85. The number of nitrogens with one attached hydrogen (secondary N) is 1. The smallest absolute Gasteiger partial charge is 0.226 e. The molecule has 18 heavy (non-hydrogen) atoms. The van der Waals surface area contributed by atoms with Gasteiger partial charge in [0.15, 0.2) is 0 Å². The van der Waals surface area contributed by atoms with Crippen molar-refractivity contribution in [1.29, 1.82) is 0 Å². The van der Waals surface area contributed by atoms with E-state index in [1.165, 1.54) is 0 Å². The van der Waals surface area contributed by atoms with Crippen LogP contribution >= 0.6 is 0 Å². The molecular formula is C14H25N3O. The maximum absolute atomic E-state index is 5.62. The third kappa shape index (κ3) is 4.51. The van der Waals surface area contributed by atoms with Crippen molar-refractivity contribution in [3.63, 3.8) is 0 Å². The number of aryl methyl sites for hydroxylation is 1. The number of rotatable bonds is 6. The summed E-state index contributed by atoms with van der Waals surface area (Å²) in [4.78, 5) is 8.81. The lowest BCUT2D eigenvalue weighted by Gasteiger charge is -2.21. The predicted octanol–water partition coefficient (Wildman–Crippen LogP) is 3.42. The van der Waals surface area contributed by atoms with Crippen LogP contribution in [0.2, 0.25) is 0 Å². The molecule has 4 nitrogen and oxygen atoms in total. The Morgan fingerprint density at radius 3 is 2.39 bits per heavy atom. The van der Waals surface area contributed by atoms with Crippen LogP contribution in [0.25, 0.3) is 0 Å². The average Bonchev–Trinajstić information content (AvgIpc) is 2.23. The highest BCUT2D eigenvalue weighted by molar-refractivity contribution is 5.31. The van der Waals surface area contributed by atoms with E-state index in [9.17, 15) is 0 Å². The number of nitrogens with zero attached hydrogens (tertiary/aromatic N) is 2. The highest BCUT2D eigenvalue weighted by Crippen LogP contribution is 2.16. The topological polar surface area (TPSA) is 47.0 Å². The molecule has 0 saturated carbocycles. The van der Waals surface area contributed by atoms with Crippen molar-refractivity contribution in [3.05, 3.63) is 11.8 Å². The molecule has 1 heterocycles. The van der Waals surface area contributed by atoms with Crippen LogP contribution < -0.4 is 10.1 Å². The van der Waals surface area contributed by atoms with Crippen molar-refractivity contribution < 1.29 is 4.74 Å². The highest BCUT2D eigenvalue weighted by Gasteiger charge is 2.13. The van der Waals surface area contributed by atoms with E-state index in [0.29, 0.717) is 23.8 Å². The molecule has 0 saturated heterocycles. The molecule has 1 atom stereocenters. The van der Waals surface area contributed by atoms with Gasteiger partial charge in [-0.1, -0.05) is 20.8 Å². The van der Waals surface area contributed by atoms with Crippen LogP contribution in [0, 0.1) is 12.8 Å². The fourth-order valence-corrected chi connectivity index (χ4v) is 1.81. The molecule has 1 N–H and O–H groups in total. The molecule has 0 aliphatic carbocycles. The lowest BCUT2D eigenvalue weighted by Crippen LogP contribution is -2.26. The summed E-state index contributed by atoms with van der Waals surface area (Å²) in [6.45, 7) is 12.5. The highest BCUT2D eigenvalue weighted by atomic mass is 16.5. The van der Waals surface area contributed by atoms with Crippen LogP contribution in [-0.2, 0) is 0 Å². The lowest BCUT2D eigenvalue weighted by atomic mass is 10.0. The Balaban J connectivity index is 2.85. The number of anilines is 1. The number of aromatic nitrogens is 2. The molecule has 1 unspecified atom stereocenters. The number of hydrogen-bond acceptors (Lipinski definition) is 4. The molecular weight excluding hydrogens is 226 g/mol. The third-order valence-electron chi connectivity index (χ3n) is 2.75. The van der Waals surface area contributed by atoms with Crippen LogP contribution in [0.3, 0.4) is 0 Å². The van der Waals surface area contributed by atoms with Gasteiger partial charge in [0.1, 0.15) is 0 Å².